The van der Waals surface area contributed by atoms with Gasteiger partial charge < -0.3 is 0 Å². The van der Waals surface area contributed by atoms with Crippen LogP contribution in [0, 0.1) is 11.7 Å². The van der Waals surface area contributed by atoms with Crippen LogP contribution in [-0.4, -0.2) is 19.9 Å². The van der Waals surface area contributed by atoms with E-state index in [0.717, 1.165) is 18.4 Å². The molecule has 0 heterocycles. The second-order valence-electron chi connectivity index (χ2n) is 5.58. The van der Waals surface area contributed by atoms with Crippen LogP contribution in [0.3, 0.4) is 0 Å². The number of hydrazine groups is 1. The Kier molecular flexibility index (Phi) is 4.78. The molecule has 20 heavy (non-hydrogen) atoms. The van der Waals surface area contributed by atoms with Crippen molar-refractivity contribution in [1.29, 1.82) is 0 Å². The predicted octanol–water partition coefficient (Wildman–Crippen LogP) is 1.93. The molecule has 3 atom stereocenters. The minimum absolute atomic E-state index is 0.107. The van der Waals surface area contributed by atoms with Crippen LogP contribution in [0.2, 0.25) is 0 Å². The van der Waals surface area contributed by atoms with Gasteiger partial charge in [0.15, 0.2) is 0 Å². The monoisotopic (exact) mass is 300 g/mol. The topological polar surface area (TPSA) is 72.2 Å². The highest BCUT2D eigenvalue weighted by Gasteiger charge is 2.33. The summed E-state index contributed by atoms with van der Waals surface area (Å²) >= 11 is 0. The first-order chi connectivity index (χ1) is 9.41. The Bertz CT molecular complexity index is 562. The summed E-state index contributed by atoms with van der Waals surface area (Å²) in [6, 6.07) is 6.09. The molecule has 0 aromatic heterocycles. The van der Waals surface area contributed by atoms with Crippen molar-refractivity contribution >= 4 is 9.84 Å². The fourth-order valence-electron chi connectivity index (χ4n) is 3.08. The molecule has 0 amide bonds. The molecule has 112 valence electrons. The molecule has 1 saturated carbocycles. The Balaban J connectivity index is 2.19. The summed E-state index contributed by atoms with van der Waals surface area (Å²) in [5.74, 6) is 5.42. The minimum atomic E-state index is -3.03. The number of halogens is 1. The highest BCUT2D eigenvalue weighted by molar-refractivity contribution is 7.91. The van der Waals surface area contributed by atoms with E-state index in [1.165, 1.54) is 18.4 Å². The molecule has 3 unspecified atom stereocenters. The zero-order valence-corrected chi connectivity index (χ0v) is 12.4. The van der Waals surface area contributed by atoms with Gasteiger partial charge >= 0.3 is 0 Å². The Hall–Kier alpha value is -0.980. The van der Waals surface area contributed by atoms with E-state index in [1.54, 1.807) is 6.07 Å². The van der Waals surface area contributed by atoms with Gasteiger partial charge in [0.05, 0.1) is 5.25 Å². The SMILES string of the molecule is CS(=O)(=O)C1CCCC(C(NN)c2cccc(F)c2)C1. The fraction of sp³-hybridized carbons (Fsp3) is 0.571. The van der Waals surface area contributed by atoms with Crippen molar-refractivity contribution < 1.29 is 12.8 Å². The zero-order chi connectivity index (χ0) is 14.8. The average Bonchev–Trinajstić information content (AvgIpc) is 2.39. The normalized spacial score (nSPS) is 25.4. The van der Waals surface area contributed by atoms with Crippen molar-refractivity contribution in [1.82, 2.24) is 5.43 Å². The van der Waals surface area contributed by atoms with Crippen LogP contribution >= 0.6 is 0 Å². The maximum Gasteiger partial charge on any atom is 0.150 e. The number of benzene rings is 1. The van der Waals surface area contributed by atoms with Crippen LogP contribution in [0.5, 0.6) is 0 Å². The van der Waals surface area contributed by atoms with E-state index in [4.69, 9.17) is 5.84 Å². The molecule has 0 spiro atoms. The standard InChI is InChI=1S/C14H21FN2O2S/c1-20(18,19)13-7-3-5-11(9-13)14(17-16)10-4-2-6-12(15)8-10/h2,4,6,8,11,13-14,17H,3,5,7,9,16H2,1H3. The highest BCUT2D eigenvalue weighted by Crippen LogP contribution is 2.36. The van der Waals surface area contributed by atoms with Crippen molar-refractivity contribution in [3.05, 3.63) is 35.6 Å². The molecule has 1 aromatic carbocycles. The van der Waals surface area contributed by atoms with E-state index in [1.807, 2.05) is 6.07 Å². The molecule has 6 heteroatoms. The minimum Gasteiger partial charge on any atom is -0.271 e. The molecule has 4 nitrogen and oxygen atoms in total. The van der Waals surface area contributed by atoms with Gasteiger partial charge in [-0.05, 0) is 42.9 Å². The molecule has 1 aromatic rings. The molecule has 0 radical (unpaired) electrons. The van der Waals surface area contributed by atoms with Gasteiger partial charge in [-0.1, -0.05) is 18.6 Å². The van der Waals surface area contributed by atoms with Gasteiger partial charge in [-0.3, -0.25) is 11.3 Å². The second-order valence-corrected chi connectivity index (χ2v) is 7.90. The summed E-state index contributed by atoms with van der Waals surface area (Å²) in [7, 11) is -3.03. The van der Waals surface area contributed by atoms with E-state index in [-0.39, 0.29) is 23.0 Å². The lowest BCUT2D eigenvalue weighted by Gasteiger charge is -2.33. The van der Waals surface area contributed by atoms with E-state index in [0.29, 0.717) is 12.8 Å². The molecule has 1 aliphatic rings. The Morgan fingerprint density at radius 1 is 1.40 bits per heavy atom. The molecule has 2 rings (SSSR count). The number of nitrogens with one attached hydrogen (secondary N) is 1. The van der Waals surface area contributed by atoms with E-state index in [9.17, 15) is 12.8 Å². The van der Waals surface area contributed by atoms with Crippen LogP contribution in [-0.2, 0) is 9.84 Å². The van der Waals surface area contributed by atoms with Crippen molar-refractivity contribution in [3.8, 4) is 0 Å². The van der Waals surface area contributed by atoms with Crippen LogP contribution in [0.25, 0.3) is 0 Å². The summed E-state index contributed by atoms with van der Waals surface area (Å²) in [5, 5.41) is -0.314. The first kappa shape index (κ1) is 15.4. The first-order valence-electron chi connectivity index (χ1n) is 6.82. The van der Waals surface area contributed by atoms with Gasteiger partial charge in [0.2, 0.25) is 0 Å². The number of sulfone groups is 1. The quantitative estimate of drug-likeness (QED) is 0.658. The summed E-state index contributed by atoms with van der Waals surface area (Å²) in [6.45, 7) is 0. The maximum atomic E-state index is 13.3. The molecular formula is C14H21FN2O2S. The lowest BCUT2D eigenvalue weighted by atomic mass is 9.81. The van der Waals surface area contributed by atoms with Crippen LogP contribution < -0.4 is 11.3 Å². The van der Waals surface area contributed by atoms with Gasteiger partial charge in [-0.15, -0.1) is 0 Å². The van der Waals surface area contributed by atoms with Crippen molar-refractivity contribution in [3.63, 3.8) is 0 Å². The number of nitrogens with two attached hydrogens (primary N) is 1. The van der Waals surface area contributed by atoms with Gasteiger partial charge in [0.1, 0.15) is 15.7 Å². The second kappa shape index (κ2) is 6.20. The van der Waals surface area contributed by atoms with Gasteiger partial charge in [0.25, 0.3) is 0 Å². The van der Waals surface area contributed by atoms with Gasteiger partial charge in [0, 0.05) is 12.3 Å². The van der Waals surface area contributed by atoms with E-state index >= 15 is 0 Å². The fourth-order valence-corrected chi connectivity index (χ4v) is 4.27. The summed E-state index contributed by atoms with van der Waals surface area (Å²) in [5.41, 5.74) is 3.50. The lowest BCUT2D eigenvalue weighted by Crippen LogP contribution is -2.38. The zero-order valence-electron chi connectivity index (χ0n) is 11.5. The summed E-state index contributed by atoms with van der Waals surface area (Å²) in [4.78, 5) is 0. The number of rotatable bonds is 4. The Labute approximate surface area is 119 Å². The largest absolute Gasteiger partial charge is 0.271 e. The summed E-state index contributed by atoms with van der Waals surface area (Å²) < 4.78 is 36.8. The molecule has 0 aliphatic heterocycles. The lowest BCUT2D eigenvalue weighted by molar-refractivity contribution is 0.274. The van der Waals surface area contributed by atoms with Gasteiger partial charge in [-0.2, -0.15) is 0 Å². The number of hydrogen-bond acceptors (Lipinski definition) is 4. The molecular weight excluding hydrogens is 279 g/mol. The van der Waals surface area contributed by atoms with Crippen LogP contribution in [0.4, 0.5) is 4.39 Å². The van der Waals surface area contributed by atoms with Gasteiger partial charge in [-0.25, -0.2) is 12.8 Å². The highest BCUT2D eigenvalue weighted by atomic mass is 32.2. The Morgan fingerprint density at radius 2 is 2.15 bits per heavy atom. The molecule has 1 aliphatic carbocycles. The number of hydrogen-bond donors (Lipinski definition) is 2. The third-order valence-electron chi connectivity index (χ3n) is 4.13. The maximum absolute atomic E-state index is 13.3. The van der Waals surface area contributed by atoms with Crippen molar-refractivity contribution in [2.24, 2.45) is 11.8 Å². The molecule has 1 fully saturated rings. The van der Waals surface area contributed by atoms with Crippen LogP contribution in [0.15, 0.2) is 24.3 Å². The van der Waals surface area contributed by atoms with Crippen LogP contribution in [0.1, 0.15) is 37.3 Å². The van der Waals surface area contributed by atoms with Crippen molar-refractivity contribution in [2.75, 3.05) is 6.26 Å². The molecule has 0 saturated heterocycles. The van der Waals surface area contributed by atoms with Crippen molar-refractivity contribution in [2.45, 2.75) is 37.0 Å². The summed E-state index contributed by atoms with van der Waals surface area (Å²) in [6.07, 6.45) is 4.32. The smallest absolute Gasteiger partial charge is 0.150 e. The Morgan fingerprint density at radius 3 is 2.75 bits per heavy atom. The molecule has 3 N–H and O–H groups in total. The average molecular weight is 300 g/mol. The molecule has 0 bridgehead atoms. The van der Waals surface area contributed by atoms with E-state index in [2.05, 4.69) is 5.43 Å². The third kappa shape index (κ3) is 3.56. The first-order valence-corrected chi connectivity index (χ1v) is 8.77. The third-order valence-corrected chi connectivity index (χ3v) is 5.77. The predicted molar refractivity (Wildman–Crippen MR) is 77.1 cm³/mol. The van der Waals surface area contributed by atoms with E-state index < -0.39 is 9.84 Å².